The van der Waals surface area contributed by atoms with Crippen LogP contribution in [0, 0.1) is 5.92 Å². The molecular weight excluding hydrogens is 284 g/mol. The SMILES string of the molecule is N/C(=N/O)c1ccc(OCCC2CC2)c(Br)c1. The van der Waals surface area contributed by atoms with Gasteiger partial charge in [0.1, 0.15) is 5.75 Å². The van der Waals surface area contributed by atoms with Gasteiger partial charge in [-0.3, -0.25) is 0 Å². The largest absolute Gasteiger partial charge is 0.492 e. The first-order valence-corrected chi connectivity index (χ1v) is 6.40. The molecule has 1 saturated carbocycles. The lowest BCUT2D eigenvalue weighted by Gasteiger charge is -2.09. The highest BCUT2D eigenvalue weighted by atomic mass is 79.9. The van der Waals surface area contributed by atoms with Gasteiger partial charge in [-0.15, -0.1) is 0 Å². The van der Waals surface area contributed by atoms with E-state index in [2.05, 4.69) is 21.1 Å². The first-order chi connectivity index (χ1) is 8.20. The second-order valence-electron chi connectivity index (χ2n) is 4.21. The maximum Gasteiger partial charge on any atom is 0.170 e. The molecule has 0 aromatic heterocycles. The van der Waals surface area contributed by atoms with Crippen LogP contribution in [0.3, 0.4) is 0 Å². The van der Waals surface area contributed by atoms with Gasteiger partial charge in [-0.1, -0.05) is 18.0 Å². The van der Waals surface area contributed by atoms with Crippen LogP contribution in [0.2, 0.25) is 0 Å². The summed E-state index contributed by atoms with van der Waals surface area (Å²) in [7, 11) is 0. The second-order valence-corrected chi connectivity index (χ2v) is 5.07. The highest BCUT2D eigenvalue weighted by Gasteiger charge is 2.20. The van der Waals surface area contributed by atoms with Crippen LogP contribution in [0.15, 0.2) is 27.8 Å². The van der Waals surface area contributed by atoms with E-state index in [1.165, 1.54) is 12.8 Å². The summed E-state index contributed by atoms with van der Waals surface area (Å²) < 4.78 is 6.48. The molecule has 17 heavy (non-hydrogen) atoms. The van der Waals surface area contributed by atoms with Crippen LogP contribution in [-0.4, -0.2) is 17.6 Å². The molecule has 92 valence electrons. The normalized spacial score (nSPS) is 15.9. The third-order valence-electron chi connectivity index (χ3n) is 2.82. The minimum absolute atomic E-state index is 0.0928. The van der Waals surface area contributed by atoms with Crippen molar-refractivity contribution in [1.82, 2.24) is 0 Å². The Kier molecular flexibility index (Phi) is 3.89. The molecule has 0 atom stereocenters. The van der Waals surface area contributed by atoms with Gasteiger partial charge in [0.25, 0.3) is 0 Å². The van der Waals surface area contributed by atoms with E-state index in [0.29, 0.717) is 5.56 Å². The summed E-state index contributed by atoms with van der Waals surface area (Å²) in [5.41, 5.74) is 6.16. The van der Waals surface area contributed by atoms with Crippen LogP contribution < -0.4 is 10.5 Å². The van der Waals surface area contributed by atoms with Gasteiger partial charge in [-0.05, 0) is 46.5 Å². The number of amidine groups is 1. The Morgan fingerprint density at radius 1 is 1.53 bits per heavy atom. The molecule has 1 fully saturated rings. The number of nitrogens with zero attached hydrogens (tertiary/aromatic N) is 1. The molecule has 0 aliphatic heterocycles. The van der Waals surface area contributed by atoms with Gasteiger partial charge in [0.05, 0.1) is 11.1 Å². The fraction of sp³-hybridized carbons (Fsp3) is 0.417. The zero-order valence-corrected chi connectivity index (χ0v) is 11.0. The van der Waals surface area contributed by atoms with Gasteiger partial charge >= 0.3 is 0 Å². The van der Waals surface area contributed by atoms with E-state index < -0.39 is 0 Å². The Morgan fingerprint density at radius 3 is 2.88 bits per heavy atom. The summed E-state index contributed by atoms with van der Waals surface area (Å²) in [6.07, 6.45) is 3.80. The molecule has 1 aromatic carbocycles. The molecule has 0 unspecified atom stereocenters. The highest BCUT2D eigenvalue weighted by molar-refractivity contribution is 9.10. The van der Waals surface area contributed by atoms with Crippen molar-refractivity contribution in [1.29, 1.82) is 0 Å². The molecular formula is C12H15BrN2O2. The number of hydrogen-bond acceptors (Lipinski definition) is 3. The van der Waals surface area contributed by atoms with Gasteiger partial charge in [0, 0.05) is 5.56 Å². The number of ether oxygens (including phenoxy) is 1. The molecule has 0 heterocycles. The molecule has 2 rings (SSSR count). The fourth-order valence-electron chi connectivity index (χ4n) is 1.58. The molecule has 5 heteroatoms. The zero-order valence-electron chi connectivity index (χ0n) is 9.40. The van der Waals surface area contributed by atoms with E-state index in [0.717, 1.165) is 29.2 Å². The molecule has 1 aliphatic carbocycles. The van der Waals surface area contributed by atoms with E-state index in [9.17, 15) is 0 Å². The molecule has 3 N–H and O–H groups in total. The number of benzene rings is 1. The lowest BCUT2D eigenvalue weighted by Crippen LogP contribution is -2.13. The van der Waals surface area contributed by atoms with Crippen molar-refractivity contribution in [2.24, 2.45) is 16.8 Å². The standard InChI is InChI=1S/C12H15BrN2O2/c13-10-7-9(12(14)15-16)3-4-11(10)17-6-5-8-1-2-8/h3-4,7-8,16H,1-2,5-6H2,(H2,14,15). The van der Waals surface area contributed by atoms with Crippen LogP contribution in [0.1, 0.15) is 24.8 Å². The molecule has 0 saturated heterocycles. The average molecular weight is 299 g/mol. The van der Waals surface area contributed by atoms with Gasteiger partial charge < -0.3 is 15.7 Å². The Balaban J connectivity index is 1.97. The molecule has 1 aliphatic rings. The number of hydrogen-bond donors (Lipinski definition) is 2. The first kappa shape index (κ1) is 12.2. The number of oxime groups is 1. The Bertz CT molecular complexity index is 431. The minimum Gasteiger partial charge on any atom is -0.492 e. The van der Waals surface area contributed by atoms with Crippen LogP contribution >= 0.6 is 15.9 Å². The Morgan fingerprint density at radius 2 is 2.29 bits per heavy atom. The lowest BCUT2D eigenvalue weighted by atomic mass is 10.2. The van der Waals surface area contributed by atoms with Crippen molar-refractivity contribution >= 4 is 21.8 Å². The monoisotopic (exact) mass is 298 g/mol. The third-order valence-corrected chi connectivity index (χ3v) is 3.44. The van der Waals surface area contributed by atoms with Crippen LogP contribution in [-0.2, 0) is 0 Å². The predicted molar refractivity (Wildman–Crippen MR) is 69.5 cm³/mol. The Labute approximate surface area is 109 Å². The van der Waals surface area contributed by atoms with Gasteiger partial charge in [0.15, 0.2) is 5.84 Å². The summed E-state index contributed by atoms with van der Waals surface area (Å²) in [6.45, 7) is 0.742. The summed E-state index contributed by atoms with van der Waals surface area (Å²) in [6, 6.07) is 5.37. The van der Waals surface area contributed by atoms with Crippen LogP contribution in [0.4, 0.5) is 0 Å². The van der Waals surface area contributed by atoms with E-state index in [1.54, 1.807) is 12.1 Å². The van der Waals surface area contributed by atoms with E-state index in [4.69, 9.17) is 15.7 Å². The molecule has 4 nitrogen and oxygen atoms in total. The molecule has 0 spiro atoms. The quantitative estimate of drug-likeness (QED) is 0.380. The second kappa shape index (κ2) is 5.40. The predicted octanol–water partition coefficient (Wildman–Crippen LogP) is 2.72. The topological polar surface area (TPSA) is 67.8 Å². The van der Waals surface area contributed by atoms with Crippen molar-refractivity contribution in [2.75, 3.05) is 6.61 Å². The van der Waals surface area contributed by atoms with Crippen molar-refractivity contribution in [3.8, 4) is 5.75 Å². The van der Waals surface area contributed by atoms with Crippen LogP contribution in [0.5, 0.6) is 5.75 Å². The highest BCUT2D eigenvalue weighted by Crippen LogP contribution is 2.33. The fourth-order valence-corrected chi connectivity index (χ4v) is 2.07. The third kappa shape index (κ3) is 3.36. The van der Waals surface area contributed by atoms with Gasteiger partial charge in [0.2, 0.25) is 0 Å². The summed E-state index contributed by atoms with van der Waals surface area (Å²) in [5.74, 6) is 1.75. The minimum atomic E-state index is 0.0928. The maximum atomic E-state index is 8.57. The molecule has 0 amide bonds. The van der Waals surface area contributed by atoms with Crippen molar-refractivity contribution < 1.29 is 9.94 Å². The number of halogens is 1. The van der Waals surface area contributed by atoms with E-state index in [-0.39, 0.29) is 5.84 Å². The summed E-state index contributed by atoms with van der Waals surface area (Å²) in [5, 5.41) is 11.5. The first-order valence-electron chi connectivity index (χ1n) is 5.61. The Hall–Kier alpha value is -1.23. The summed E-state index contributed by atoms with van der Waals surface area (Å²) in [4.78, 5) is 0. The van der Waals surface area contributed by atoms with Gasteiger partial charge in [-0.2, -0.15) is 0 Å². The lowest BCUT2D eigenvalue weighted by molar-refractivity contribution is 0.300. The van der Waals surface area contributed by atoms with E-state index in [1.807, 2.05) is 6.07 Å². The maximum absolute atomic E-state index is 8.57. The van der Waals surface area contributed by atoms with Crippen molar-refractivity contribution in [3.05, 3.63) is 28.2 Å². The number of nitrogens with two attached hydrogens (primary N) is 1. The smallest absolute Gasteiger partial charge is 0.170 e. The van der Waals surface area contributed by atoms with Gasteiger partial charge in [-0.25, -0.2) is 0 Å². The van der Waals surface area contributed by atoms with Crippen molar-refractivity contribution in [3.63, 3.8) is 0 Å². The zero-order chi connectivity index (χ0) is 12.3. The van der Waals surface area contributed by atoms with Crippen LogP contribution in [0.25, 0.3) is 0 Å². The average Bonchev–Trinajstić information content (AvgIpc) is 3.14. The van der Waals surface area contributed by atoms with Crippen molar-refractivity contribution in [2.45, 2.75) is 19.3 Å². The molecule has 0 bridgehead atoms. The number of rotatable bonds is 5. The van der Waals surface area contributed by atoms with E-state index >= 15 is 0 Å². The molecule has 1 aromatic rings. The molecule has 0 radical (unpaired) electrons. The summed E-state index contributed by atoms with van der Waals surface area (Å²) >= 11 is 3.41.